The fourth-order valence-corrected chi connectivity index (χ4v) is 1.40. The van der Waals surface area contributed by atoms with E-state index in [1.807, 2.05) is 0 Å². The Bertz CT molecular complexity index is 447. The van der Waals surface area contributed by atoms with Gasteiger partial charge in [0.25, 0.3) is 0 Å². The summed E-state index contributed by atoms with van der Waals surface area (Å²) in [5, 5.41) is 19.2. The van der Waals surface area contributed by atoms with Crippen LogP contribution in [-0.4, -0.2) is 16.0 Å². The average molecular weight is 241 g/mol. The van der Waals surface area contributed by atoms with E-state index in [9.17, 15) is 19.3 Å². The first kappa shape index (κ1) is 13.1. The molecule has 0 amide bonds. The number of aryl methyl sites for hydroxylation is 1. The highest BCUT2D eigenvalue weighted by Gasteiger charge is 2.18. The third-order valence-electron chi connectivity index (χ3n) is 2.52. The molecule has 1 unspecified atom stereocenters. The van der Waals surface area contributed by atoms with Crippen molar-refractivity contribution < 1.29 is 19.2 Å². The number of nitro benzene ring substituents is 1. The molecule has 0 saturated heterocycles. The first-order chi connectivity index (χ1) is 7.93. The highest BCUT2D eigenvalue weighted by Crippen LogP contribution is 2.22. The summed E-state index contributed by atoms with van der Waals surface area (Å²) < 4.78 is 13.6. The molecule has 0 bridgehead atoms. The molecule has 1 aromatic carbocycles. The van der Waals surface area contributed by atoms with Crippen molar-refractivity contribution in [2.45, 2.75) is 19.8 Å². The summed E-state index contributed by atoms with van der Waals surface area (Å²) in [7, 11) is 0. The van der Waals surface area contributed by atoms with Crippen molar-refractivity contribution in [3.8, 4) is 0 Å². The molecule has 0 heterocycles. The van der Waals surface area contributed by atoms with Crippen LogP contribution in [0, 0.1) is 21.8 Å². The van der Waals surface area contributed by atoms with Crippen molar-refractivity contribution in [2.75, 3.05) is 0 Å². The summed E-state index contributed by atoms with van der Waals surface area (Å²) in [4.78, 5) is 20.3. The van der Waals surface area contributed by atoms with E-state index < -0.39 is 28.3 Å². The van der Waals surface area contributed by atoms with Crippen LogP contribution in [0.2, 0.25) is 0 Å². The normalized spacial score (nSPS) is 12.1. The van der Waals surface area contributed by atoms with Crippen LogP contribution in [0.1, 0.15) is 18.9 Å². The summed E-state index contributed by atoms with van der Waals surface area (Å²) in [6.07, 6.45) is 0.411. The van der Waals surface area contributed by atoms with Gasteiger partial charge in [-0.1, -0.05) is 19.1 Å². The van der Waals surface area contributed by atoms with Crippen molar-refractivity contribution in [2.24, 2.45) is 5.92 Å². The van der Waals surface area contributed by atoms with Gasteiger partial charge in [-0.2, -0.15) is 4.39 Å². The number of halogens is 1. The molecule has 0 radical (unpaired) electrons. The molecule has 17 heavy (non-hydrogen) atoms. The molecule has 6 heteroatoms. The van der Waals surface area contributed by atoms with Crippen molar-refractivity contribution in [3.63, 3.8) is 0 Å². The third kappa shape index (κ3) is 3.24. The molecule has 1 aromatic rings. The Morgan fingerprint density at radius 1 is 1.59 bits per heavy atom. The van der Waals surface area contributed by atoms with Gasteiger partial charge < -0.3 is 5.11 Å². The Hall–Kier alpha value is -1.98. The molecule has 1 atom stereocenters. The summed E-state index contributed by atoms with van der Waals surface area (Å²) in [6, 6.07) is 3.90. The predicted octanol–water partition coefficient (Wildman–Crippen LogP) is 2.39. The second-order valence-electron chi connectivity index (χ2n) is 3.79. The fraction of sp³-hybridized carbons (Fsp3) is 0.364. The number of aliphatic carboxylic acids is 1. The molecule has 92 valence electrons. The summed E-state index contributed by atoms with van der Waals surface area (Å²) in [5.41, 5.74) is -0.405. The SMILES string of the molecule is CC(CCc1cccc([N+](=O)[O-])c1F)C(=O)O. The first-order valence-electron chi connectivity index (χ1n) is 5.08. The van der Waals surface area contributed by atoms with Gasteiger partial charge in [0.05, 0.1) is 10.8 Å². The van der Waals surface area contributed by atoms with Crippen LogP contribution in [0.25, 0.3) is 0 Å². The highest BCUT2D eigenvalue weighted by molar-refractivity contribution is 5.69. The molecule has 0 aliphatic carbocycles. The van der Waals surface area contributed by atoms with E-state index in [0.717, 1.165) is 6.07 Å². The van der Waals surface area contributed by atoms with E-state index >= 15 is 0 Å². The van der Waals surface area contributed by atoms with Crippen LogP contribution in [0.3, 0.4) is 0 Å². The van der Waals surface area contributed by atoms with Gasteiger partial charge in [0.1, 0.15) is 0 Å². The average Bonchev–Trinajstić information content (AvgIpc) is 2.26. The standard InChI is InChI=1S/C11H12FNO4/c1-7(11(14)15)5-6-8-3-2-4-9(10(8)12)13(16)17/h2-4,7H,5-6H2,1H3,(H,14,15). The molecular formula is C11H12FNO4. The number of rotatable bonds is 5. The van der Waals surface area contributed by atoms with E-state index in [1.165, 1.54) is 19.1 Å². The minimum atomic E-state index is -0.962. The molecule has 1 rings (SSSR count). The maximum Gasteiger partial charge on any atom is 0.306 e. The topological polar surface area (TPSA) is 80.4 Å². The van der Waals surface area contributed by atoms with E-state index in [0.29, 0.717) is 0 Å². The quantitative estimate of drug-likeness (QED) is 0.634. The first-order valence-corrected chi connectivity index (χ1v) is 5.08. The van der Waals surface area contributed by atoms with Crippen LogP contribution in [0.5, 0.6) is 0 Å². The van der Waals surface area contributed by atoms with Crippen LogP contribution in [0.15, 0.2) is 18.2 Å². The van der Waals surface area contributed by atoms with E-state index in [2.05, 4.69) is 0 Å². The van der Waals surface area contributed by atoms with Gasteiger partial charge in [-0.05, 0) is 18.4 Å². The molecule has 0 aliphatic rings. The molecule has 5 nitrogen and oxygen atoms in total. The Balaban J connectivity index is 2.82. The second kappa shape index (κ2) is 5.38. The second-order valence-corrected chi connectivity index (χ2v) is 3.79. The number of carbonyl (C=O) groups is 1. The number of hydrogen-bond donors (Lipinski definition) is 1. The Labute approximate surface area is 97.0 Å². The lowest BCUT2D eigenvalue weighted by Gasteiger charge is -2.06. The van der Waals surface area contributed by atoms with Gasteiger partial charge in [-0.3, -0.25) is 14.9 Å². The van der Waals surface area contributed by atoms with Crippen molar-refractivity contribution in [3.05, 3.63) is 39.7 Å². The molecule has 0 aliphatic heterocycles. The van der Waals surface area contributed by atoms with Crippen LogP contribution < -0.4 is 0 Å². The van der Waals surface area contributed by atoms with Crippen molar-refractivity contribution in [1.82, 2.24) is 0 Å². The number of nitrogens with zero attached hydrogens (tertiary/aromatic N) is 1. The maximum absolute atomic E-state index is 13.6. The van der Waals surface area contributed by atoms with Crippen molar-refractivity contribution >= 4 is 11.7 Å². The zero-order valence-electron chi connectivity index (χ0n) is 9.22. The largest absolute Gasteiger partial charge is 0.481 e. The number of nitro groups is 1. The van der Waals surface area contributed by atoms with E-state index in [-0.39, 0.29) is 18.4 Å². The lowest BCUT2D eigenvalue weighted by molar-refractivity contribution is -0.387. The van der Waals surface area contributed by atoms with Gasteiger partial charge in [0.2, 0.25) is 5.82 Å². The number of hydrogen-bond acceptors (Lipinski definition) is 3. The number of carboxylic acids is 1. The Morgan fingerprint density at radius 2 is 2.24 bits per heavy atom. The molecule has 0 fully saturated rings. The van der Waals surface area contributed by atoms with Crippen LogP contribution >= 0.6 is 0 Å². The van der Waals surface area contributed by atoms with Gasteiger partial charge >= 0.3 is 11.7 Å². The van der Waals surface area contributed by atoms with E-state index in [4.69, 9.17) is 5.11 Å². The molecule has 0 aromatic heterocycles. The Morgan fingerprint density at radius 3 is 2.76 bits per heavy atom. The minimum absolute atomic E-state index is 0.168. The van der Waals surface area contributed by atoms with Crippen LogP contribution in [0.4, 0.5) is 10.1 Å². The third-order valence-corrected chi connectivity index (χ3v) is 2.52. The minimum Gasteiger partial charge on any atom is -0.481 e. The summed E-state index contributed by atoms with van der Waals surface area (Å²) in [6.45, 7) is 1.51. The number of carboxylic acid groups (broad SMARTS) is 1. The van der Waals surface area contributed by atoms with Gasteiger partial charge in [-0.15, -0.1) is 0 Å². The molecule has 1 N–H and O–H groups in total. The van der Waals surface area contributed by atoms with Gasteiger partial charge in [0.15, 0.2) is 0 Å². The maximum atomic E-state index is 13.6. The highest BCUT2D eigenvalue weighted by atomic mass is 19.1. The molecular weight excluding hydrogens is 229 g/mol. The zero-order valence-corrected chi connectivity index (χ0v) is 9.22. The molecule has 0 saturated carbocycles. The van der Waals surface area contributed by atoms with Gasteiger partial charge in [0, 0.05) is 6.07 Å². The smallest absolute Gasteiger partial charge is 0.306 e. The summed E-state index contributed by atoms with van der Waals surface area (Å²) in [5.74, 6) is -2.44. The summed E-state index contributed by atoms with van der Waals surface area (Å²) >= 11 is 0. The Kier molecular flexibility index (Phi) is 4.14. The monoisotopic (exact) mass is 241 g/mol. The predicted molar refractivity (Wildman–Crippen MR) is 58.2 cm³/mol. The lowest BCUT2D eigenvalue weighted by atomic mass is 10.0. The fourth-order valence-electron chi connectivity index (χ4n) is 1.40. The van der Waals surface area contributed by atoms with E-state index in [1.54, 1.807) is 0 Å². The van der Waals surface area contributed by atoms with Crippen molar-refractivity contribution in [1.29, 1.82) is 0 Å². The molecule has 0 spiro atoms. The lowest BCUT2D eigenvalue weighted by Crippen LogP contribution is -2.10. The number of benzene rings is 1. The van der Waals surface area contributed by atoms with Gasteiger partial charge in [-0.25, -0.2) is 0 Å². The zero-order chi connectivity index (χ0) is 13.0. The van der Waals surface area contributed by atoms with Crippen LogP contribution in [-0.2, 0) is 11.2 Å².